The average Bonchev–Trinajstić information content (AvgIpc) is 2.85. The molecule has 1 heterocycles. The lowest BCUT2D eigenvalue weighted by Crippen LogP contribution is -2.07. The summed E-state index contributed by atoms with van der Waals surface area (Å²) in [7, 11) is 0. The maximum atomic E-state index is 5.89. The molecule has 2 rings (SSSR count). The highest BCUT2D eigenvalue weighted by molar-refractivity contribution is 5.62. The molecule has 0 aliphatic heterocycles. The maximum absolute atomic E-state index is 5.89. The standard InChI is InChI=1S/C15H23N5O/c1-11(2)21-7-5-4-6-20-15(17-18-19-20)13-8-12(3)9-14(16)10-13/h8-11H,4-7,16H2,1-3H3. The van der Waals surface area contributed by atoms with Crippen LogP contribution in [-0.4, -0.2) is 32.9 Å². The topological polar surface area (TPSA) is 78.9 Å². The third kappa shape index (κ3) is 4.53. The van der Waals surface area contributed by atoms with E-state index in [0.29, 0.717) is 0 Å². The zero-order chi connectivity index (χ0) is 15.2. The van der Waals surface area contributed by atoms with Crippen molar-refractivity contribution in [2.24, 2.45) is 0 Å². The van der Waals surface area contributed by atoms with Gasteiger partial charge < -0.3 is 10.5 Å². The summed E-state index contributed by atoms with van der Waals surface area (Å²) in [5, 5.41) is 11.9. The van der Waals surface area contributed by atoms with Crippen molar-refractivity contribution < 1.29 is 4.74 Å². The number of nitrogen functional groups attached to an aromatic ring is 1. The minimum atomic E-state index is 0.281. The van der Waals surface area contributed by atoms with Crippen LogP contribution < -0.4 is 5.73 Å². The molecule has 0 atom stereocenters. The van der Waals surface area contributed by atoms with Crippen molar-refractivity contribution in [2.75, 3.05) is 12.3 Å². The van der Waals surface area contributed by atoms with E-state index in [1.54, 1.807) is 0 Å². The second-order valence-electron chi connectivity index (χ2n) is 5.48. The van der Waals surface area contributed by atoms with Gasteiger partial charge in [-0.3, -0.25) is 0 Å². The third-order valence-electron chi connectivity index (χ3n) is 3.11. The van der Waals surface area contributed by atoms with E-state index >= 15 is 0 Å². The number of aryl methyl sites for hydroxylation is 2. The number of rotatable bonds is 7. The Labute approximate surface area is 125 Å². The molecule has 0 aliphatic carbocycles. The summed E-state index contributed by atoms with van der Waals surface area (Å²) >= 11 is 0. The normalized spacial score (nSPS) is 11.2. The van der Waals surface area contributed by atoms with Crippen LogP contribution in [0.4, 0.5) is 5.69 Å². The van der Waals surface area contributed by atoms with E-state index < -0.39 is 0 Å². The second-order valence-corrected chi connectivity index (χ2v) is 5.48. The van der Waals surface area contributed by atoms with E-state index in [2.05, 4.69) is 15.5 Å². The van der Waals surface area contributed by atoms with E-state index in [1.165, 1.54) is 0 Å². The van der Waals surface area contributed by atoms with Crippen LogP contribution in [0.3, 0.4) is 0 Å². The Morgan fingerprint density at radius 1 is 1.24 bits per heavy atom. The molecule has 2 N–H and O–H groups in total. The molecule has 0 unspecified atom stereocenters. The van der Waals surface area contributed by atoms with Gasteiger partial charge in [0.15, 0.2) is 5.82 Å². The first-order valence-corrected chi connectivity index (χ1v) is 7.31. The number of nitrogens with two attached hydrogens (primary N) is 1. The van der Waals surface area contributed by atoms with Crippen molar-refractivity contribution in [3.05, 3.63) is 23.8 Å². The average molecular weight is 289 g/mol. The molecule has 0 saturated heterocycles. The van der Waals surface area contributed by atoms with Crippen LogP contribution in [0, 0.1) is 6.92 Å². The van der Waals surface area contributed by atoms with Crippen molar-refractivity contribution in [1.29, 1.82) is 0 Å². The fourth-order valence-corrected chi connectivity index (χ4v) is 2.19. The lowest BCUT2D eigenvalue weighted by Gasteiger charge is -2.08. The summed E-state index contributed by atoms with van der Waals surface area (Å²) in [6, 6.07) is 5.87. The van der Waals surface area contributed by atoms with Gasteiger partial charge in [0.05, 0.1) is 6.10 Å². The Hall–Kier alpha value is -1.95. The Bertz CT molecular complexity index is 559. The molecule has 1 aromatic carbocycles. The lowest BCUT2D eigenvalue weighted by atomic mass is 10.1. The number of ether oxygens (including phenoxy) is 1. The van der Waals surface area contributed by atoms with Crippen LogP contribution in [0.2, 0.25) is 0 Å². The molecule has 114 valence electrons. The molecule has 0 saturated carbocycles. The van der Waals surface area contributed by atoms with Crippen LogP contribution in [0.5, 0.6) is 0 Å². The van der Waals surface area contributed by atoms with Gasteiger partial charge in [0.1, 0.15) is 0 Å². The number of hydrogen-bond donors (Lipinski definition) is 1. The molecule has 6 heteroatoms. The minimum Gasteiger partial charge on any atom is -0.399 e. The number of hydrogen-bond acceptors (Lipinski definition) is 5. The molecule has 0 amide bonds. The lowest BCUT2D eigenvalue weighted by molar-refractivity contribution is 0.0753. The number of nitrogens with zero attached hydrogens (tertiary/aromatic N) is 4. The summed E-state index contributed by atoms with van der Waals surface area (Å²) in [5.41, 5.74) is 8.67. The minimum absolute atomic E-state index is 0.281. The Balaban J connectivity index is 1.98. The third-order valence-corrected chi connectivity index (χ3v) is 3.11. The van der Waals surface area contributed by atoms with E-state index in [1.807, 2.05) is 43.7 Å². The van der Waals surface area contributed by atoms with Gasteiger partial charge in [-0.15, -0.1) is 5.10 Å². The maximum Gasteiger partial charge on any atom is 0.182 e. The van der Waals surface area contributed by atoms with Gasteiger partial charge in [-0.05, 0) is 67.8 Å². The largest absolute Gasteiger partial charge is 0.399 e. The van der Waals surface area contributed by atoms with Gasteiger partial charge in [0, 0.05) is 24.4 Å². The van der Waals surface area contributed by atoms with Crippen LogP contribution >= 0.6 is 0 Å². The summed E-state index contributed by atoms with van der Waals surface area (Å²) in [4.78, 5) is 0. The number of unbranched alkanes of at least 4 members (excludes halogenated alkanes) is 1. The predicted octanol–water partition coefficient (Wildman–Crippen LogP) is 2.44. The molecule has 0 spiro atoms. The van der Waals surface area contributed by atoms with Crippen LogP contribution in [0.1, 0.15) is 32.3 Å². The first-order chi connectivity index (χ1) is 10.1. The molecular weight excluding hydrogens is 266 g/mol. The first kappa shape index (κ1) is 15.4. The Morgan fingerprint density at radius 3 is 2.76 bits per heavy atom. The SMILES string of the molecule is Cc1cc(N)cc(-c2nnnn2CCCCOC(C)C)c1. The van der Waals surface area contributed by atoms with Crippen molar-refractivity contribution in [3.8, 4) is 11.4 Å². The molecule has 1 aromatic heterocycles. The molecule has 0 radical (unpaired) electrons. The molecular formula is C15H23N5O. The van der Waals surface area contributed by atoms with E-state index in [4.69, 9.17) is 10.5 Å². The van der Waals surface area contributed by atoms with E-state index in [0.717, 1.165) is 48.6 Å². The molecule has 0 aliphatic rings. The van der Waals surface area contributed by atoms with Crippen LogP contribution in [-0.2, 0) is 11.3 Å². The van der Waals surface area contributed by atoms with Gasteiger partial charge in [0.25, 0.3) is 0 Å². The van der Waals surface area contributed by atoms with Crippen molar-refractivity contribution in [1.82, 2.24) is 20.2 Å². The molecule has 21 heavy (non-hydrogen) atoms. The number of anilines is 1. The first-order valence-electron chi connectivity index (χ1n) is 7.31. The van der Waals surface area contributed by atoms with Crippen molar-refractivity contribution in [2.45, 2.75) is 46.3 Å². The number of tetrazole rings is 1. The van der Waals surface area contributed by atoms with Crippen molar-refractivity contribution >= 4 is 5.69 Å². The zero-order valence-corrected chi connectivity index (χ0v) is 12.9. The monoisotopic (exact) mass is 289 g/mol. The zero-order valence-electron chi connectivity index (χ0n) is 12.9. The second kappa shape index (κ2) is 7.17. The number of aromatic nitrogens is 4. The fourth-order valence-electron chi connectivity index (χ4n) is 2.19. The predicted molar refractivity (Wildman–Crippen MR) is 82.7 cm³/mol. The highest BCUT2D eigenvalue weighted by Gasteiger charge is 2.09. The molecule has 0 bridgehead atoms. The summed E-state index contributed by atoms with van der Waals surface area (Å²) < 4.78 is 7.35. The smallest absolute Gasteiger partial charge is 0.182 e. The van der Waals surface area contributed by atoms with Gasteiger partial charge in [-0.2, -0.15) is 0 Å². The quantitative estimate of drug-likeness (QED) is 0.625. The molecule has 6 nitrogen and oxygen atoms in total. The van der Waals surface area contributed by atoms with Gasteiger partial charge in [-0.25, -0.2) is 4.68 Å². The van der Waals surface area contributed by atoms with Crippen LogP contribution in [0.25, 0.3) is 11.4 Å². The number of benzene rings is 1. The Morgan fingerprint density at radius 2 is 2.05 bits per heavy atom. The summed E-state index contributed by atoms with van der Waals surface area (Å²) in [6.07, 6.45) is 2.25. The van der Waals surface area contributed by atoms with Crippen molar-refractivity contribution in [3.63, 3.8) is 0 Å². The summed E-state index contributed by atoms with van der Waals surface area (Å²) in [6.45, 7) is 7.64. The highest BCUT2D eigenvalue weighted by Crippen LogP contribution is 2.21. The Kier molecular flexibility index (Phi) is 5.27. The summed E-state index contributed by atoms with van der Waals surface area (Å²) in [5.74, 6) is 0.759. The molecule has 2 aromatic rings. The fraction of sp³-hybridized carbons (Fsp3) is 0.533. The molecule has 0 fully saturated rings. The highest BCUT2D eigenvalue weighted by atomic mass is 16.5. The van der Waals surface area contributed by atoms with E-state index in [9.17, 15) is 0 Å². The van der Waals surface area contributed by atoms with Gasteiger partial charge in [-0.1, -0.05) is 0 Å². The van der Waals surface area contributed by atoms with Gasteiger partial charge >= 0.3 is 0 Å². The van der Waals surface area contributed by atoms with Crippen LogP contribution in [0.15, 0.2) is 18.2 Å². The van der Waals surface area contributed by atoms with Gasteiger partial charge in [0.2, 0.25) is 0 Å². The van der Waals surface area contributed by atoms with E-state index in [-0.39, 0.29) is 6.10 Å².